The van der Waals surface area contributed by atoms with Crippen LogP contribution in [0.4, 0.5) is 0 Å². The molecule has 0 saturated heterocycles. The summed E-state index contributed by atoms with van der Waals surface area (Å²) in [6.45, 7) is 4.96. The number of esters is 1. The van der Waals surface area contributed by atoms with Gasteiger partial charge in [0.05, 0.1) is 0 Å². The molecular formula is C8H14O5. The first kappa shape index (κ1) is 11.9. The summed E-state index contributed by atoms with van der Waals surface area (Å²) in [4.78, 5) is 21.5. The van der Waals surface area contributed by atoms with Crippen molar-refractivity contribution in [3.63, 3.8) is 0 Å². The summed E-state index contributed by atoms with van der Waals surface area (Å²) in [5.41, 5.74) is -0.705. The highest BCUT2D eigenvalue weighted by molar-refractivity contribution is 5.97. The second-order valence-corrected chi connectivity index (χ2v) is 3.49. The number of methoxy groups -OCH3 is 1. The lowest BCUT2D eigenvalue weighted by Crippen LogP contribution is -2.37. The quantitative estimate of drug-likeness (QED) is 0.516. The Morgan fingerprint density at radius 1 is 1.31 bits per heavy atom. The lowest BCUT2D eigenvalue weighted by atomic mass is 10.2. The first-order valence-electron chi connectivity index (χ1n) is 3.76. The van der Waals surface area contributed by atoms with Gasteiger partial charge in [0.1, 0.15) is 5.60 Å². The standard InChI is InChI=1S/C8H14O5/c1-8(2,3)13-7(11)5(12-4)6(9)10/h5H,1-4H3,(H,9,10). The molecule has 0 rings (SSSR count). The summed E-state index contributed by atoms with van der Waals surface area (Å²) in [5, 5.41) is 8.51. The number of carboxylic acid groups (broad SMARTS) is 1. The van der Waals surface area contributed by atoms with Gasteiger partial charge in [0.25, 0.3) is 6.10 Å². The van der Waals surface area contributed by atoms with Crippen molar-refractivity contribution in [1.29, 1.82) is 0 Å². The summed E-state index contributed by atoms with van der Waals surface area (Å²) in [5.74, 6) is -2.24. The Kier molecular flexibility index (Phi) is 3.87. The smallest absolute Gasteiger partial charge is 0.347 e. The average molecular weight is 190 g/mol. The second kappa shape index (κ2) is 4.23. The molecular weight excluding hydrogens is 176 g/mol. The monoisotopic (exact) mass is 190 g/mol. The number of aliphatic carboxylic acids is 1. The molecule has 0 aliphatic carbocycles. The fraction of sp³-hybridized carbons (Fsp3) is 0.750. The minimum Gasteiger partial charge on any atom is -0.479 e. The lowest BCUT2D eigenvalue weighted by molar-refractivity contribution is -0.175. The third-order valence-electron chi connectivity index (χ3n) is 1.08. The Morgan fingerprint density at radius 3 is 2.00 bits per heavy atom. The van der Waals surface area contributed by atoms with Gasteiger partial charge in [-0.25, -0.2) is 9.59 Å². The van der Waals surface area contributed by atoms with E-state index >= 15 is 0 Å². The molecule has 0 amide bonds. The molecule has 0 aromatic carbocycles. The van der Waals surface area contributed by atoms with E-state index < -0.39 is 23.6 Å². The van der Waals surface area contributed by atoms with E-state index in [2.05, 4.69) is 4.74 Å². The predicted molar refractivity (Wildman–Crippen MR) is 44.3 cm³/mol. The van der Waals surface area contributed by atoms with Crippen molar-refractivity contribution < 1.29 is 24.2 Å². The van der Waals surface area contributed by atoms with Gasteiger partial charge in [0, 0.05) is 7.11 Å². The van der Waals surface area contributed by atoms with Gasteiger partial charge in [-0.15, -0.1) is 0 Å². The molecule has 0 aromatic heterocycles. The zero-order valence-corrected chi connectivity index (χ0v) is 8.16. The molecule has 1 N–H and O–H groups in total. The first-order valence-corrected chi connectivity index (χ1v) is 3.76. The minimum atomic E-state index is -1.54. The summed E-state index contributed by atoms with van der Waals surface area (Å²) >= 11 is 0. The molecule has 5 heteroatoms. The van der Waals surface area contributed by atoms with Crippen LogP contribution in [0.15, 0.2) is 0 Å². The highest BCUT2D eigenvalue weighted by Crippen LogP contribution is 2.09. The fourth-order valence-corrected chi connectivity index (χ4v) is 0.653. The van der Waals surface area contributed by atoms with Crippen molar-refractivity contribution in [3.8, 4) is 0 Å². The highest BCUT2D eigenvalue weighted by atomic mass is 16.6. The van der Waals surface area contributed by atoms with E-state index in [1.165, 1.54) is 0 Å². The first-order chi connectivity index (χ1) is 5.78. The molecule has 0 saturated carbocycles. The molecule has 0 spiro atoms. The van der Waals surface area contributed by atoms with Crippen LogP contribution in [0.25, 0.3) is 0 Å². The molecule has 5 nitrogen and oxygen atoms in total. The van der Waals surface area contributed by atoms with Crippen LogP contribution < -0.4 is 0 Å². The zero-order chi connectivity index (χ0) is 10.6. The molecule has 1 unspecified atom stereocenters. The maximum Gasteiger partial charge on any atom is 0.347 e. The van der Waals surface area contributed by atoms with E-state index in [1.807, 2.05) is 0 Å². The molecule has 0 aliphatic rings. The summed E-state index contributed by atoms with van der Waals surface area (Å²) in [7, 11) is 1.14. The lowest BCUT2D eigenvalue weighted by Gasteiger charge is -2.21. The number of hydrogen-bond donors (Lipinski definition) is 1. The van der Waals surface area contributed by atoms with E-state index in [1.54, 1.807) is 20.8 Å². The normalized spacial score (nSPS) is 13.5. The van der Waals surface area contributed by atoms with E-state index in [-0.39, 0.29) is 0 Å². The van der Waals surface area contributed by atoms with E-state index in [9.17, 15) is 9.59 Å². The molecule has 0 fully saturated rings. The van der Waals surface area contributed by atoms with Crippen molar-refractivity contribution in [2.75, 3.05) is 7.11 Å². The van der Waals surface area contributed by atoms with Crippen LogP contribution in [0.3, 0.4) is 0 Å². The molecule has 76 valence electrons. The zero-order valence-electron chi connectivity index (χ0n) is 8.16. The van der Waals surface area contributed by atoms with Gasteiger partial charge >= 0.3 is 11.9 Å². The number of carboxylic acids is 1. The molecule has 0 aliphatic heterocycles. The Morgan fingerprint density at radius 2 is 1.77 bits per heavy atom. The topological polar surface area (TPSA) is 72.8 Å². The predicted octanol–water partition coefficient (Wildman–Crippen LogP) is 0.428. The Bertz CT molecular complexity index is 203. The number of rotatable bonds is 3. The number of carbonyl (C=O) groups excluding carboxylic acids is 1. The van der Waals surface area contributed by atoms with Gasteiger partial charge in [-0.1, -0.05) is 0 Å². The minimum absolute atomic E-state index is 0.705. The van der Waals surface area contributed by atoms with Crippen LogP contribution in [-0.4, -0.2) is 35.9 Å². The van der Waals surface area contributed by atoms with Crippen LogP contribution in [0, 0.1) is 0 Å². The summed E-state index contributed by atoms with van der Waals surface area (Å²) in [6, 6.07) is 0. The van der Waals surface area contributed by atoms with Crippen molar-refractivity contribution >= 4 is 11.9 Å². The Labute approximate surface area is 76.6 Å². The number of carbonyl (C=O) groups is 2. The molecule has 0 radical (unpaired) electrons. The van der Waals surface area contributed by atoms with Gasteiger partial charge in [0.15, 0.2) is 0 Å². The average Bonchev–Trinajstić information content (AvgIpc) is 1.82. The molecule has 0 heterocycles. The van der Waals surface area contributed by atoms with Gasteiger partial charge in [-0.3, -0.25) is 0 Å². The number of ether oxygens (including phenoxy) is 2. The van der Waals surface area contributed by atoms with Crippen LogP contribution in [0.2, 0.25) is 0 Å². The van der Waals surface area contributed by atoms with Crippen LogP contribution in [-0.2, 0) is 19.1 Å². The Hall–Kier alpha value is -1.10. The Balaban J connectivity index is 4.32. The van der Waals surface area contributed by atoms with Gasteiger partial charge in [-0.05, 0) is 20.8 Å². The maximum atomic E-state index is 11.1. The van der Waals surface area contributed by atoms with Crippen molar-refractivity contribution in [2.45, 2.75) is 32.5 Å². The summed E-state index contributed by atoms with van der Waals surface area (Å²) in [6.07, 6.45) is -1.54. The van der Waals surface area contributed by atoms with Crippen LogP contribution in [0.1, 0.15) is 20.8 Å². The molecule has 0 aromatic rings. The third kappa shape index (κ3) is 4.47. The van der Waals surface area contributed by atoms with Gasteiger partial charge in [0.2, 0.25) is 0 Å². The fourth-order valence-electron chi connectivity index (χ4n) is 0.653. The van der Waals surface area contributed by atoms with E-state index in [0.29, 0.717) is 0 Å². The molecule has 13 heavy (non-hydrogen) atoms. The largest absolute Gasteiger partial charge is 0.479 e. The van der Waals surface area contributed by atoms with Crippen molar-refractivity contribution in [1.82, 2.24) is 0 Å². The van der Waals surface area contributed by atoms with Crippen molar-refractivity contribution in [2.24, 2.45) is 0 Å². The second-order valence-electron chi connectivity index (χ2n) is 3.49. The third-order valence-corrected chi connectivity index (χ3v) is 1.08. The van der Waals surface area contributed by atoms with Gasteiger partial charge < -0.3 is 14.6 Å². The van der Waals surface area contributed by atoms with Gasteiger partial charge in [-0.2, -0.15) is 0 Å². The molecule has 1 atom stereocenters. The summed E-state index contributed by atoms with van der Waals surface area (Å²) < 4.78 is 9.25. The van der Waals surface area contributed by atoms with Crippen LogP contribution in [0.5, 0.6) is 0 Å². The maximum absolute atomic E-state index is 11.1. The SMILES string of the molecule is COC(C(=O)O)C(=O)OC(C)(C)C. The highest BCUT2D eigenvalue weighted by Gasteiger charge is 2.30. The van der Waals surface area contributed by atoms with Crippen molar-refractivity contribution in [3.05, 3.63) is 0 Å². The number of hydrogen-bond acceptors (Lipinski definition) is 4. The molecule has 0 bridgehead atoms. The van der Waals surface area contributed by atoms with Crippen LogP contribution >= 0.6 is 0 Å². The van der Waals surface area contributed by atoms with E-state index in [4.69, 9.17) is 9.84 Å². The van der Waals surface area contributed by atoms with E-state index in [0.717, 1.165) is 7.11 Å².